The number of benzene rings is 1. The molecule has 0 amide bonds. The van der Waals surface area contributed by atoms with Crippen molar-refractivity contribution in [2.75, 3.05) is 27.4 Å². The van der Waals surface area contributed by atoms with Crippen molar-refractivity contribution in [1.82, 2.24) is 0 Å². The zero-order chi connectivity index (χ0) is 19.6. The zero-order valence-electron chi connectivity index (χ0n) is 16.0. The van der Waals surface area contributed by atoms with Gasteiger partial charge in [0, 0.05) is 24.1 Å². The lowest BCUT2D eigenvalue weighted by molar-refractivity contribution is -0.148. The Bertz CT molecular complexity index is 719. The summed E-state index contributed by atoms with van der Waals surface area (Å²) in [6, 6.07) is 7.21. The molecular formula is C21H26O6. The molecule has 1 aliphatic rings. The Balaban J connectivity index is 1.97. The molecule has 1 atom stereocenters. The van der Waals surface area contributed by atoms with Crippen LogP contribution in [0.3, 0.4) is 0 Å². The minimum atomic E-state index is -0.595. The topological polar surface area (TPSA) is 63.2 Å². The first kappa shape index (κ1) is 20.4. The second kappa shape index (κ2) is 10.3. The second-order valence-corrected chi connectivity index (χ2v) is 6.07. The number of carbonyl (C=O) groups is 1. The minimum Gasteiger partial charge on any atom is -0.501 e. The van der Waals surface area contributed by atoms with Crippen LogP contribution in [0, 0.1) is 0 Å². The summed E-state index contributed by atoms with van der Waals surface area (Å²) in [4.78, 5) is 11.9. The Kier molecular flexibility index (Phi) is 7.79. The van der Waals surface area contributed by atoms with E-state index in [2.05, 4.69) is 6.58 Å². The standard InChI is InChI=1S/C21H26O6/c1-15(2)21(22)27-20(13-25-18-9-5-7-16(11-18)23-3)14-26-19-10-6-8-17(12-19)24-4/h5,7,9-12,20H,1,6,8,13-14H2,2-4H3. The van der Waals surface area contributed by atoms with Gasteiger partial charge in [-0.1, -0.05) is 12.6 Å². The maximum Gasteiger partial charge on any atom is 0.333 e. The van der Waals surface area contributed by atoms with Gasteiger partial charge in [-0.15, -0.1) is 0 Å². The average Bonchev–Trinajstić information content (AvgIpc) is 2.70. The third kappa shape index (κ3) is 6.73. The van der Waals surface area contributed by atoms with Crippen LogP contribution in [0.1, 0.15) is 19.8 Å². The first-order valence-corrected chi connectivity index (χ1v) is 8.72. The van der Waals surface area contributed by atoms with Gasteiger partial charge in [0.2, 0.25) is 0 Å². The SMILES string of the molecule is C=C(C)C(=O)OC(COC1=CCCC(OC)=C1)COc1cccc(OC)c1. The van der Waals surface area contributed by atoms with Crippen molar-refractivity contribution in [3.63, 3.8) is 0 Å². The van der Waals surface area contributed by atoms with Crippen molar-refractivity contribution >= 4 is 5.97 Å². The number of hydrogen-bond acceptors (Lipinski definition) is 6. The Labute approximate surface area is 160 Å². The number of rotatable bonds is 10. The summed E-state index contributed by atoms with van der Waals surface area (Å²) in [5.74, 6) is 2.36. The maximum atomic E-state index is 11.9. The molecule has 27 heavy (non-hydrogen) atoms. The molecule has 0 saturated heterocycles. The number of hydrogen-bond donors (Lipinski definition) is 0. The predicted molar refractivity (Wildman–Crippen MR) is 102 cm³/mol. The molecular weight excluding hydrogens is 348 g/mol. The largest absolute Gasteiger partial charge is 0.501 e. The number of methoxy groups -OCH3 is 2. The summed E-state index contributed by atoms with van der Waals surface area (Å²) in [5.41, 5.74) is 0.319. The summed E-state index contributed by atoms with van der Waals surface area (Å²) in [6.07, 6.45) is 4.90. The van der Waals surface area contributed by atoms with Gasteiger partial charge in [0.25, 0.3) is 0 Å². The number of esters is 1. The molecule has 1 aliphatic carbocycles. The van der Waals surface area contributed by atoms with Gasteiger partial charge in [-0.3, -0.25) is 0 Å². The van der Waals surface area contributed by atoms with Gasteiger partial charge < -0.3 is 23.7 Å². The Morgan fingerprint density at radius 3 is 2.59 bits per heavy atom. The van der Waals surface area contributed by atoms with Crippen LogP contribution in [0.4, 0.5) is 0 Å². The van der Waals surface area contributed by atoms with Gasteiger partial charge in [-0.2, -0.15) is 0 Å². The normalized spacial score (nSPS) is 14.3. The van der Waals surface area contributed by atoms with Gasteiger partial charge in [0.05, 0.1) is 20.0 Å². The molecule has 1 unspecified atom stereocenters. The van der Waals surface area contributed by atoms with Crippen LogP contribution in [0.25, 0.3) is 0 Å². The Morgan fingerprint density at radius 1 is 1.15 bits per heavy atom. The highest BCUT2D eigenvalue weighted by Gasteiger charge is 2.18. The molecule has 0 bridgehead atoms. The molecule has 0 aliphatic heterocycles. The van der Waals surface area contributed by atoms with Gasteiger partial charge >= 0.3 is 5.97 Å². The molecule has 6 nitrogen and oxygen atoms in total. The molecule has 0 fully saturated rings. The van der Waals surface area contributed by atoms with E-state index < -0.39 is 12.1 Å². The van der Waals surface area contributed by atoms with Crippen LogP contribution >= 0.6 is 0 Å². The molecule has 0 spiro atoms. The summed E-state index contributed by atoms with van der Waals surface area (Å²) in [7, 11) is 3.22. The first-order chi connectivity index (χ1) is 13.0. The molecule has 0 aromatic heterocycles. The third-order valence-electron chi connectivity index (χ3n) is 3.84. The number of ether oxygens (including phenoxy) is 5. The van der Waals surface area contributed by atoms with E-state index in [-0.39, 0.29) is 13.2 Å². The van der Waals surface area contributed by atoms with Crippen LogP contribution in [-0.4, -0.2) is 39.5 Å². The highest BCUT2D eigenvalue weighted by atomic mass is 16.6. The van der Waals surface area contributed by atoms with Crippen LogP contribution in [0.15, 0.2) is 60.1 Å². The second-order valence-electron chi connectivity index (χ2n) is 6.07. The van der Waals surface area contributed by atoms with Gasteiger partial charge in [0.15, 0.2) is 6.10 Å². The summed E-state index contributed by atoms with van der Waals surface area (Å²) >= 11 is 0. The number of allylic oxidation sites excluding steroid dienone is 3. The quantitative estimate of drug-likeness (QED) is 0.459. The molecule has 146 valence electrons. The van der Waals surface area contributed by atoms with Crippen molar-refractivity contribution in [3.8, 4) is 11.5 Å². The summed E-state index contributed by atoms with van der Waals surface area (Å²) < 4.78 is 27.4. The third-order valence-corrected chi connectivity index (χ3v) is 3.84. The number of carbonyl (C=O) groups excluding carboxylic acids is 1. The molecule has 0 saturated carbocycles. The van der Waals surface area contributed by atoms with Crippen molar-refractivity contribution in [2.24, 2.45) is 0 Å². The maximum absolute atomic E-state index is 11.9. The van der Waals surface area contributed by atoms with Crippen molar-refractivity contribution in [2.45, 2.75) is 25.9 Å². The van der Waals surface area contributed by atoms with Crippen LogP contribution in [0.2, 0.25) is 0 Å². The van der Waals surface area contributed by atoms with E-state index in [1.165, 1.54) is 0 Å². The summed E-state index contributed by atoms with van der Waals surface area (Å²) in [6.45, 7) is 5.50. The van der Waals surface area contributed by atoms with E-state index in [1.807, 2.05) is 24.3 Å². The highest BCUT2D eigenvalue weighted by molar-refractivity contribution is 5.87. The van der Waals surface area contributed by atoms with Crippen molar-refractivity contribution < 1.29 is 28.5 Å². The lowest BCUT2D eigenvalue weighted by atomic mass is 10.1. The molecule has 0 radical (unpaired) electrons. The van der Waals surface area contributed by atoms with Gasteiger partial charge in [-0.25, -0.2) is 4.79 Å². The van der Waals surface area contributed by atoms with Gasteiger partial charge in [-0.05, 0) is 31.6 Å². The molecule has 2 rings (SSSR count). The van der Waals surface area contributed by atoms with Crippen LogP contribution in [0.5, 0.6) is 11.5 Å². The van der Waals surface area contributed by atoms with Crippen LogP contribution in [-0.2, 0) is 19.0 Å². The monoisotopic (exact) mass is 374 g/mol. The van der Waals surface area contributed by atoms with E-state index in [9.17, 15) is 4.79 Å². The van der Waals surface area contributed by atoms with E-state index in [0.29, 0.717) is 22.8 Å². The smallest absolute Gasteiger partial charge is 0.333 e. The van der Waals surface area contributed by atoms with Crippen LogP contribution < -0.4 is 9.47 Å². The van der Waals surface area contributed by atoms with Crippen molar-refractivity contribution in [1.29, 1.82) is 0 Å². The van der Waals surface area contributed by atoms with E-state index in [1.54, 1.807) is 33.3 Å². The molecule has 0 heterocycles. The molecule has 6 heteroatoms. The zero-order valence-corrected chi connectivity index (χ0v) is 16.0. The minimum absolute atomic E-state index is 0.139. The van der Waals surface area contributed by atoms with Gasteiger partial charge in [0.1, 0.15) is 30.5 Å². The lowest BCUT2D eigenvalue weighted by Gasteiger charge is -2.21. The first-order valence-electron chi connectivity index (χ1n) is 8.72. The van der Waals surface area contributed by atoms with E-state index in [4.69, 9.17) is 23.7 Å². The highest BCUT2D eigenvalue weighted by Crippen LogP contribution is 2.21. The fraction of sp³-hybridized carbons (Fsp3) is 0.381. The Morgan fingerprint density at radius 2 is 1.89 bits per heavy atom. The lowest BCUT2D eigenvalue weighted by Crippen LogP contribution is -2.30. The predicted octanol–water partition coefficient (Wildman–Crippen LogP) is 3.79. The molecule has 1 aromatic rings. The molecule has 0 N–H and O–H groups in total. The van der Waals surface area contributed by atoms with E-state index >= 15 is 0 Å². The Hall–Kier alpha value is -2.89. The average molecular weight is 374 g/mol. The molecule has 1 aromatic carbocycles. The van der Waals surface area contributed by atoms with Crippen molar-refractivity contribution in [3.05, 3.63) is 60.1 Å². The summed E-state index contributed by atoms with van der Waals surface area (Å²) in [5, 5.41) is 0. The fourth-order valence-electron chi connectivity index (χ4n) is 2.35. The van der Waals surface area contributed by atoms with E-state index in [0.717, 1.165) is 18.6 Å². The fourth-order valence-corrected chi connectivity index (χ4v) is 2.35.